The molecule has 1 aromatic carbocycles. The van der Waals surface area contributed by atoms with Crippen LogP contribution in [-0.2, 0) is 25.5 Å². The highest BCUT2D eigenvalue weighted by molar-refractivity contribution is 5.70. The number of ether oxygens (including phenoxy) is 3. The lowest BCUT2D eigenvalue weighted by atomic mass is 9.87. The van der Waals surface area contributed by atoms with Crippen LogP contribution in [0.1, 0.15) is 43.7 Å². The molecule has 1 aliphatic carbocycles. The lowest BCUT2D eigenvalue weighted by Gasteiger charge is -2.21. The Morgan fingerprint density at radius 1 is 1.36 bits per heavy atom. The third-order valence-corrected chi connectivity index (χ3v) is 4.99. The Bertz CT molecular complexity index is 655. The van der Waals surface area contributed by atoms with E-state index >= 15 is 0 Å². The Balaban J connectivity index is 1.78. The average Bonchev–Trinajstić information content (AvgIpc) is 3.08. The fraction of sp³-hybridized carbons (Fsp3) is 0.579. The summed E-state index contributed by atoms with van der Waals surface area (Å²) in [6.07, 6.45) is 0.997. The molecule has 1 aliphatic heterocycles. The van der Waals surface area contributed by atoms with Gasteiger partial charge in [0.1, 0.15) is 18.0 Å². The number of aryl methyl sites for hydroxylation is 1. The van der Waals surface area contributed by atoms with Crippen molar-refractivity contribution in [3.8, 4) is 5.75 Å². The second-order valence-electron chi connectivity index (χ2n) is 6.55. The van der Waals surface area contributed by atoms with Gasteiger partial charge in [0.15, 0.2) is 0 Å². The summed E-state index contributed by atoms with van der Waals surface area (Å²) in [5, 5.41) is 9.82. The van der Waals surface area contributed by atoms with Crippen LogP contribution >= 0.6 is 0 Å². The summed E-state index contributed by atoms with van der Waals surface area (Å²) >= 11 is 0. The highest BCUT2D eigenvalue weighted by atomic mass is 16.6. The Kier molecular flexibility index (Phi) is 5.27. The molecule has 0 spiro atoms. The highest BCUT2D eigenvalue weighted by Gasteiger charge is 2.51. The smallest absolute Gasteiger partial charge is 0.306 e. The summed E-state index contributed by atoms with van der Waals surface area (Å²) in [7, 11) is 0. The maximum atomic E-state index is 11.6. The molecule has 4 atom stereocenters. The predicted molar refractivity (Wildman–Crippen MR) is 89.3 cm³/mol. The number of esters is 2. The molecule has 0 amide bonds. The van der Waals surface area contributed by atoms with Crippen LogP contribution in [0.15, 0.2) is 18.2 Å². The number of hydrogen-bond donors (Lipinski definition) is 1. The SMILES string of the molecule is CCOC(=O)CCc1cccc2c1O[C@@H]1CC(OC(C)=O)C(CO)[C@H]21. The van der Waals surface area contributed by atoms with E-state index in [1.807, 2.05) is 18.2 Å². The highest BCUT2D eigenvalue weighted by Crippen LogP contribution is 2.52. The molecule has 2 aliphatic rings. The van der Waals surface area contributed by atoms with Gasteiger partial charge in [0.05, 0.1) is 13.2 Å². The lowest BCUT2D eigenvalue weighted by Crippen LogP contribution is -2.26. The molecular weight excluding hydrogens is 324 g/mol. The number of rotatable bonds is 6. The summed E-state index contributed by atoms with van der Waals surface area (Å²) in [5.74, 6) is 0.0807. The Labute approximate surface area is 147 Å². The Hall–Kier alpha value is -2.08. The van der Waals surface area contributed by atoms with Gasteiger partial charge in [-0.25, -0.2) is 0 Å². The maximum Gasteiger partial charge on any atom is 0.306 e. The number of aliphatic hydroxyl groups excluding tert-OH is 1. The molecule has 1 aromatic rings. The van der Waals surface area contributed by atoms with Gasteiger partial charge < -0.3 is 19.3 Å². The average molecular weight is 348 g/mol. The van der Waals surface area contributed by atoms with E-state index in [4.69, 9.17) is 14.2 Å². The van der Waals surface area contributed by atoms with Crippen LogP contribution in [0, 0.1) is 5.92 Å². The van der Waals surface area contributed by atoms with E-state index in [-0.39, 0.29) is 42.6 Å². The molecule has 6 nitrogen and oxygen atoms in total. The van der Waals surface area contributed by atoms with Crippen LogP contribution in [0.4, 0.5) is 0 Å². The minimum atomic E-state index is -0.341. The molecule has 0 radical (unpaired) electrons. The second kappa shape index (κ2) is 7.44. The maximum absolute atomic E-state index is 11.6. The van der Waals surface area contributed by atoms with Crippen molar-refractivity contribution >= 4 is 11.9 Å². The van der Waals surface area contributed by atoms with E-state index in [2.05, 4.69) is 0 Å². The minimum Gasteiger partial charge on any atom is -0.489 e. The number of carbonyl (C=O) groups excluding carboxylic acids is 2. The van der Waals surface area contributed by atoms with Gasteiger partial charge in [-0.3, -0.25) is 9.59 Å². The first-order valence-corrected chi connectivity index (χ1v) is 8.77. The first kappa shape index (κ1) is 17.7. The van der Waals surface area contributed by atoms with Crippen LogP contribution in [0.25, 0.3) is 0 Å². The number of aliphatic hydroxyl groups is 1. The zero-order valence-electron chi connectivity index (χ0n) is 14.6. The molecule has 1 N–H and O–H groups in total. The summed E-state index contributed by atoms with van der Waals surface area (Å²) in [6.45, 7) is 3.48. The number of para-hydroxylation sites is 1. The molecule has 1 fully saturated rings. The molecule has 136 valence electrons. The topological polar surface area (TPSA) is 82.1 Å². The molecule has 25 heavy (non-hydrogen) atoms. The third kappa shape index (κ3) is 3.49. The number of benzene rings is 1. The molecule has 3 rings (SSSR count). The van der Waals surface area contributed by atoms with Gasteiger partial charge >= 0.3 is 11.9 Å². The third-order valence-electron chi connectivity index (χ3n) is 4.99. The van der Waals surface area contributed by atoms with Gasteiger partial charge in [0.2, 0.25) is 0 Å². The first-order chi connectivity index (χ1) is 12.0. The lowest BCUT2D eigenvalue weighted by molar-refractivity contribution is -0.149. The molecule has 0 bridgehead atoms. The van der Waals surface area contributed by atoms with Crippen molar-refractivity contribution in [2.24, 2.45) is 5.92 Å². The van der Waals surface area contributed by atoms with Gasteiger partial charge in [0.25, 0.3) is 0 Å². The quantitative estimate of drug-likeness (QED) is 0.792. The van der Waals surface area contributed by atoms with E-state index in [1.54, 1.807) is 6.92 Å². The minimum absolute atomic E-state index is 0.00638. The van der Waals surface area contributed by atoms with Crippen LogP contribution in [0.3, 0.4) is 0 Å². The van der Waals surface area contributed by atoms with Crippen molar-refractivity contribution in [2.45, 2.75) is 51.2 Å². The van der Waals surface area contributed by atoms with E-state index in [0.717, 1.165) is 16.9 Å². The summed E-state index contributed by atoms with van der Waals surface area (Å²) in [5.41, 5.74) is 2.00. The fourth-order valence-corrected chi connectivity index (χ4v) is 4.02. The summed E-state index contributed by atoms with van der Waals surface area (Å²) in [4.78, 5) is 22.9. The van der Waals surface area contributed by atoms with Crippen LogP contribution in [0.5, 0.6) is 5.75 Å². The molecule has 0 aromatic heterocycles. The molecular formula is C19H24O6. The van der Waals surface area contributed by atoms with Crippen molar-refractivity contribution in [1.82, 2.24) is 0 Å². The van der Waals surface area contributed by atoms with E-state index in [9.17, 15) is 14.7 Å². The number of fused-ring (bicyclic) bond motifs is 3. The number of carbonyl (C=O) groups is 2. The fourth-order valence-electron chi connectivity index (χ4n) is 4.02. The molecule has 1 heterocycles. The number of hydrogen-bond acceptors (Lipinski definition) is 6. The van der Waals surface area contributed by atoms with Gasteiger partial charge in [-0.2, -0.15) is 0 Å². The summed E-state index contributed by atoms with van der Waals surface area (Å²) in [6, 6.07) is 5.89. The zero-order chi connectivity index (χ0) is 18.0. The second-order valence-corrected chi connectivity index (χ2v) is 6.55. The monoisotopic (exact) mass is 348 g/mol. The largest absolute Gasteiger partial charge is 0.489 e. The zero-order valence-corrected chi connectivity index (χ0v) is 14.6. The van der Waals surface area contributed by atoms with E-state index in [1.165, 1.54) is 6.92 Å². The van der Waals surface area contributed by atoms with Crippen molar-refractivity contribution in [2.75, 3.05) is 13.2 Å². The van der Waals surface area contributed by atoms with Crippen LogP contribution in [-0.4, -0.2) is 42.5 Å². The van der Waals surface area contributed by atoms with Crippen LogP contribution < -0.4 is 4.74 Å². The first-order valence-electron chi connectivity index (χ1n) is 8.77. The van der Waals surface area contributed by atoms with Crippen molar-refractivity contribution in [3.63, 3.8) is 0 Å². The molecule has 0 saturated heterocycles. The Morgan fingerprint density at radius 3 is 2.84 bits per heavy atom. The van der Waals surface area contributed by atoms with Crippen molar-refractivity contribution < 1.29 is 28.9 Å². The van der Waals surface area contributed by atoms with E-state index < -0.39 is 0 Å². The van der Waals surface area contributed by atoms with E-state index in [0.29, 0.717) is 25.9 Å². The molecule has 2 unspecified atom stereocenters. The predicted octanol–water partition coefficient (Wildman–Crippen LogP) is 1.97. The standard InChI is InChI=1S/C19H24O6/c1-3-23-17(22)8-7-12-5-4-6-13-18-14(10-20)15(24-11(2)21)9-16(18)25-19(12)13/h4-6,14-16,18,20H,3,7-10H2,1-2H3/t14?,15?,16-,18+/m1/s1. The Morgan fingerprint density at radius 2 is 2.16 bits per heavy atom. The van der Waals surface area contributed by atoms with Gasteiger partial charge in [-0.15, -0.1) is 0 Å². The normalized spacial score (nSPS) is 26.5. The van der Waals surface area contributed by atoms with Crippen molar-refractivity contribution in [1.29, 1.82) is 0 Å². The molecule has 1 saturated carbocycles. The molecule has 6 heteroatoms. The van der Waals surface area contributed by atoms with Gasteiger partial charge in [-0.1, -0.05) is 18.2 Å². The summed E-state index contributed by atoms with van der Waals surface area (Å²) < 4.78 is 16.5. The van der Waals surface area contributed by atoms with Gasteiger partial charge in [-0.05, 0) is 18.9 Å². The van der Waals surface area contributed by atoms with Gasteiger partial charge in [0, 0.05) is 37.2 Å². The van der Waals surface area contributed by atoms with Crippen molar-refractivity contribution in [3.05, 3.63) is 29.3 Å². The van der Waals surface area contributed by atoms with Crippen LogP contribution in [0.2, 0.25) is 0 Å².